The van der Waals surface area contributed by atoms with Crippen molar-refractivity contribution in [2.24, 2.45) is 0 Å². The highest BCUT2D eigenvalue weighted by Crippen LogP contribution is 2.19. The number of aromatic nitrogens is 2. The Morgan fingerprint density at radius 1 is 1.19 bits per heavy atom. The lowest BCUT2D eigenvalue weighted by Gasteiger charge is -2.19. The summed E-state index contributed by atoms with van der Waals surface area (Å²) in [5.41, 5.74) is 2.18. The molecule has 3 aromatic rings. The third-order valence-corrected chi connectivity index (χ3v) is 4.55. The van der Waals surface area contributed by atoms with Crippen LogP contribution in [-0.2, 0) is 6.54 Å². The number of fused-ring (bicyclic) bond motifs is 1. The lowest BCUT2D eigenvalue weighted by Crippen LogP contribution is -2.23. The molecule has 0 radical (unpaired) electrons. The van der Waals surface area contributed by atoms with E-state index in [-0.39, 0.29) is 0 Å². The Kier molecular flexibility index (Phi) is 4.27. The van der Waals surface area contributed by atoms with Crippen molar-refractivity contribution in [2.45, 2.75) is 19.4 Å². The highest BCUT2D eigenvalue weighted by atomic mass is 32.1. The smallest absolute Gasteiger partial charge is 0.0965 e. The van der Waals surface area contributed by atoms with Crippen molar-refractivity contribution in [3.8, 4) is 0 Å². The minimum Gasteiger partial charge on any atom is -0.300 e. The fourth-order valence-corrected chi connectivity index (χ4v) is 3.25. The molecule has 0 N–H and O–H groups in total. The molecule has 3 rings (SSSR count). The van der Waals surface area contributed by atoms with E-state index in [4.69, 9.17) is 4.98 Å². The molecule has 0 aliphatic rings. The van der Waals surface area contributed by atoms with E-state index < -0.39 is 0 Å². The topological polar surface area (TPSA) is 29.0 Å². The summed E-state index contributed by atoms with van der Waals surface area (Å²) in [7, 11) is 2.14. The molecule has 108 valence electrons. The van der Waals surface area contributed by atoms with Gasteiger partial charge in [0.1, 0.15) is 0 Å². The third-order valence-electron chi connectivity index (χ3n) is 3.55. The van der Waals surface area contributed by atoms with Gasteiger partial charge in [-0.3, -0.25) is 9.88 Å². The molecule has 2 heterocycles. The lowest BCUT2D eigenvalue weighted by atomic mass is 10.1. The predicted octanol–water partition coefficient (Wildman–Crippen LogP) is 3.93. The number of hydrogen-bond acceptors (Lipinski definition) is 4. The molecule has 0 aliphatic carbocycles. The Bertz CT molecular complexity index is 709. The first kappa shape index (κ1) is 14.2. The van der Waals surface area contributed by atoms with Gasteiger partial charge in [-0.1, -0.05) is 31.2 Å². The summed E-state index contributed by atoms with van der Waals surface area (Å²) in [5.74, 6) is 0.454. The average Bonchev–Trinajstić information content (AvgIpc) is 3.01. The molecule has 0 saturated carbocycles. The minimum absolute atomic E-state index is 0.454. The second-order valence-electron chi connectivity index (χ2n) is 5.46. The van der Waals surface area contributed by atoms with Gasteiger partial charge in [0.25, 0.3) is 0 Å². The maximum Gasteiger partial charge on any atom is 0.0965 e. The fourth-order valence-electron chi connectivity index (χ4n) is 2.56. The Hall–Kier alpha value is -1.78. The molecule has 0 fully saturated rings. The van der Waals surface area contributed by atoms with Crippen LogP contribution in [0.3, 0.4) is 0 Å². The second kappa shape index (κ2) is 6.33. The number of hydrogen-bond donors (Lipinski definition) is 0. The van der Waals surface area contributed by atoms with Crippen LogP contribution < -0.4 is 0 Å². The predicted molar refractivity (Wildman–Crippen MR) is 88.6 cm³/mol. The Morgan fingerprint density at radius 2 is 2.05 bits per heavy atom. The molecular weight excluding hydrogens is 278 g/mol. The highest BCUT2D eigenvalue weighted by Gasteiger charge is 2.12. The van der Waals surface area contributed by atoms with Gasteiger partial charge in [0.2, 0.25) is 0 Å². The standard InChI is InChI=1S/C17H19N3S/c1-13(17-18-9-10-21-17)11-20(2)12-15-8-7-14-5-3-4-6-16(14)19-15/h3-10,13H,11-12H2,1-2H3. The summed E-state index contributed by atoms with van der Waals surface area (Å²) in [4.78, 5) is 11.4. The molecule has 1 atom stereocenters. The second-order valence-corrected chi connectivity index (χ2v) is 6.39. The van der Waals surface area contributed by atoms with Crippen molar-refractivity contribution in [2.75, 3.05) is 13.6 Å². The van der Waals surface area contributed by atoms with Gasteiger partial charge in [-0.05, 0) is 19.2 Å². The molecular formula is C17H19N3S. The summed E-state index contributed by atoms with van der Waals surface area (Å²) in [6.45, 7) is 4.08. The van der Waals surface area contributed by atoms with Crippen LogP contribution in [0, 0.1) is 0 Å². The van der Waals surface area contributed by atoms with Gasteiger partial charge < -0.3 is 0 Å². The minimum atomic E-state index is 0.454. The molecule has 0 bridgehead atoms. The van der Waals surface area contributed by atoms with E-state index in [0.29, 0.717) is 5.92 Å². The first-order valence-electron chi connectivity index (χ1n) is 7.15. The van der Waals surface area contributed by atoms with Crippen LogP contribution in [0.1, 0.15) is 23.5 Å². The van der Waals surface area contributed by atoms with Crippen LogP contribution >= 0.6 is 11.3 Å². The van der Waals surface area contributed by atoms with Crippen molar-refractivity contribution < 1.29 is 0 Å². The third kappa shape index (κ3) is 3.46. The summed E-state index contributed by atoms with van der Waals surface area (Å²) in [6, 6.07) is 12.5. The van der Waals surface area contributed by atoms with E-state index in [1.54, 1.807) is 11.3 Å². The van der Waals surface area contributed by atoms with E-state index >= 15 is 0 Å². The summed E-state index contributed by atoms with van der Waals surface area (Å²) in [6.07, 6.45) is 1.88. The summed E-state index contributed by atoms with van der Waals surface area (Å²) < 4.78 is 0. The van der Waals surface area contributed by atoms with E-state index in [1.807, 2.05) is 23.7 Å². The first-order chi connectivity index (χ1) is 10.2. The Labute approximate surface area is 129 Å². The number of thiazole rings is 1. The average molecular weight is 297 g/mol. The molecule has 0 amide bonds. The number of benzene rings is 1. The zero-order valence-corrected chi connectivity index (χ0v) is 13.2. The van der Waals surface area contributed by atoms with Crippen molar-refractivity contribution >= 4 is 22.2 Å². The van der Waals surface area contributed by atoms with E-state index in [0.717, 1.165) is 24.3 Å². The number of nitrogens with zero attached hydrogens (tertiary/aromatic N) is 3. The molecule has 0 spiro atoms. The quantitative estimate of drug-likeness (QED) is 0.714. The van der Waals surface area contributed by atoms with Crippen LogP contribution in [0.5, 0.6) is 0 Å². The zero-order chi connectivity index (χ0) is 14.7. The van der Waals surface area contributed by atoms with Crippen LogP contribution in [0.15, 0.2) is 48.0 Å². The molecule has 1 unspecified atom stereocenters. The fraction of sp³-hybridized carbons (Fsp3) is 0.294. The van der Waals surface area contributed by atoms with Gasteiger partial charge in [0.15, 0.2) is 0 Å². The van der Waals surface area contributed by atoms with Gasteiger partial charge in [0.05, 0.1) is 16.2 Å². The van der Waals surface area contributed by atoms with E-state index in [9.17, 15) is 0 Å². The normalized spacial score (nSPS) is 12.9. The first-order valence-corrected chi connectivity index (χ1v) is 8.03. The van der Waals surface area contributed by atoms with Gasteiger partial charge in [-0.25, -0.2) is 4.98 Å². The molecule has 1 aromatic carbocycles. The summed E-state index contributed by atoms with van der Waals surface area (Å²) in [5, 5.41) is 4.44. The van der Waals surface area contributed by atoms with Gasteiger partial charge >= 0.3 is 0 Å². The maximum atomic E-state index is 4.73. The largest absolute Gasteiger partial charge is 0.300 e. The molecule has 0 aliphatic heterocycles. The van der Waals surface area contributed by atoms with Crippen molar-refractivity contribution in [3.63, 3.8) is 0 Å². The maximum absolute atomic E-state index is 4.73. The lowest BCUT2D eigenvalue weighted by molar-refractivity contribution is 0.306. The van der Waals surface area contributed by atoms with Gasteiger partial charge in [0, 0.05) is 36.0 Å². The van der Waals surface area contributed by atoms with Crippen LogP contribution in [0.2, 0.25) is 0 Å². The molecule has 4 heteroatoms. The number of rotatable bonds is 5. The van der Waals surface area contributed by atoms with E-state index in [2.05, 4.69) is 48.1 Å². The monoisotopic (exact) mass is 297 g/mol. The van der Waals surface area contributed by atoms with Crippen LogP contribution in [0.25, 0.3) is 10.9 Å². The molecule has 2 aromatic heterocycles. The SMILES string of the molecule is CC(CN(C)Cc1ccc2ccccc2n1)c1nccs1. The van der Waals surface area contributed by atoms with Crippen molar-refractivity contribution in [1.82, 2.24) is 14.9 Å². The Morgan fingerprint density at radius 3 is 2.86 bits per heavy atom. The molecule has 0 saturated heterocycles. The number of para-hydroxylation sites is 1. The van der Waals surface area contributed by atoms with Gasteiger partial charge in [-0.15, -0.1) is 11.3 Å². The van der Waals surface area contributed by atoms with Crippen LogP contribution in [-0.4, -0.2) is 28.5 Å². The van der Waals surface area contributed by atoms with Gasteiger partial charge in [-0.2, -0.15) is 0 Å². The number of pyridine rings is 1. The Balaban J connectivity index is 1.67. The van der Waals surface area contributed by atoms with Crippen molar-refractivity contribution in [1.29, 1.82) is 0 Å². The molecule has 3 nitrogen and oxygen atoms in total. The van der Waals surface area contributed by atoms with Crippen LogP contribution in [0.4, 0.5) is 0 Å². The van der Waals surface area contributed by atoms with Crippen molar-refractivity contribution in [3.05, 3.63) is 58.7 Å². The zero-order valence-electron chi connectivity index (χ0n) is 12.4. The molecule has 21 heavy (non-hydrogen) atoms. The summed E-state index contributed by atoms with van der Waals surface area (Å²) >= 11 is 1.73. The van der Waals surface area contributed by atoms with E-state index in [1.165, 1.54) is 10.4 Å². The number of likely N-dealkylation sites (N-methyl/N-ethyl adjacent to an activating group) is 1. The highest BCUT2D eigenvalue weighted by molar-refractivity contribution is 7.09.